The molecule has 5 aromatic rings. The predicted octanol–water partition coefficient (Wildman–Crippen LogP) is 6.64. The van der Waals surface area contributed by atoms with Crippen molar-refractivity contribution < 1.29 is 13.5 Å². The van der Waals surface area contributed by atoms with Crippen LogP contribution in [0.25, 0.3) is 33.1 Å². The van der Waals surface area contributed by atoms with E-state index in [0.717, 1.165) is 58.3 Å². The molecule has 0 N–H and O–H groups in total. The van der Waals surface area contributed by atoms with Crippen molar-refractivity contribution >= 4 is 38.9 Å². The zero-order valence-electron chi connectivity index (χ0n) is 23.1. The van der Waals surface area contributed by atoms with E-state index >= 15 is 4.39 Å². The van der Waals surface area contributed by atoms with Gasteiger partial charge < -0.3 is 19.1 Å². The number of halogens is 2. The molecule has 2 aliphatic heterocycles. The Morgan fingerprint density at radius 2 is 1.80 bits per heavy atom. The van der Waals surface area contributed by atoms with Crippen molar-refractivity contribution in [1.82, 2.24) is 14.5 Å². The molecule has 3 aromatic heterocycles. The van der Waals surface area contributed by atoms with E-state index in [0.29, 0.717) is 42.0 Å². The standard InChI is InChI=1S/C32H31F2N5O/c1-19-29(21-5-6-26-20(13-21)7-8-37(26)4)36-25-15-22(33)14-24(34)28(25)30(19)39-18-32(2,3)31-27(39)16-23(17-35-31)38-9-11-40-12-10-38/h5-8,13-17H,9-12,18H2,1-4H3. The fraction of sp³-hybridized carbons (Fsp3) is 0.312. The minimum Gasteiger partial charge on any atom is -0.378 e. The van der Waals surface area contributed by atoms with Gasteiger partial charge >= 0.3 is 0 Å². The van der Waals surface area contributed by atoms with Crippen LogP contribution in [0, 0.1) is 18.6 Å². The third-order valence-electron chi connectivity index (χ3n) is 8.36. The molecule has 2 aliphatic rings. The molecule has 0 bridgehead atoms. The number of aromatic nitrogens is 3. The van der Waals surface area contributed by atoms with Crippen molar-refractivity contribution in [1.29, 1.82) is 0 Å². The number of nitrogens with zero attached hydrogens (tertiary/aromatic N) is 5. The fourth-order valence-corrected chi connectivity index (χ4v) is 6.35. The van der Waals surface area contributed by atoms with Crippen LogP contribution in [0.1, 0.15) is 25.1 Å². The van der Waals surface area contributed by atoms with Gasteiger partial charge in [0, 0.05) is 66.9 Å². The summed E-state index contributed by atoms with van der Waals surface area (Å²) in [6, 6.07) is 12.7. The van der Waals surface area contributed by atoms with Gasteiger partial charge in [0.25, 0.3) is 0 Å². The summed E-state index contributed by atoms with van der Waals surface area (Å²) >= 11 is 0. The number of hydrogen-bond donors (Lipinski definition) is 0. The third-order valence-corrected chi connectivity index (χ3v) is 8.36. The molecule has 1 saturated heterocycles. The molecule has 6 nitrogen and oxygen atoms in total. The molecule has 0 amide bonds. The maximum absolute atomic E-state index is 15.7. The topological polar surface area (TPSA) is 46.4 Å². The van der Waals surface area contributed by atoms with Crippen molar-refractivity contribution in [3.8, 4) is 11.3 Å². The van der Waals surface area contributed by atoms with E-state index in [4.69, 9.17) is 14.7 Å². The van der Waals surface area contributed by atoms with Crippen LogP contribution in [-0.4, -0.2) is 47.4 Å². The lowest BCUT2D eigenvalue weighted by Crippen LogP contribution is -2.36. The van der Waals surface area contributed by atoms with Gasteiger partial charge in [-0.2, -0.15) is 0 Å². The highest BCUT2D eigenvalue weighted by atomic mass is 19.1. The van der Waals surface area contributed by atoms with Crippen LogP contribution < -0.4 is 9.80 Å². The monoisotopic (exact) mass is 539 g/mol. The lowest BCUT2D eigenvalue weighted by Gasteiger charge is -2.30. The summed E-state index contributed by atoms with van der Waals surface area (Å²) in [6.07, 6.45) is 3.96. The number of morpholine rings is 1. The van der Waals surface area contributed by atoms with Crippen LogP contribution in [0.15, 0.2) is 54.9 Å². The lowest BCUT2D eigenvalue weighted by molar-refractivity contribution is 0.122. The van der Waals surface area contributed by atoms with Crippen LogP contribution >= 0.6 is 0 Å². The molecule has 8 heteroatoms. The molecule has 7 rings (SSSR count). The van der Waals surface area contributed by atoms with E-state index in [1.165, 1.54) is 6.07 Å². The molecule has 0 radical (unpaired) electrons. The Labute approximate surface area is 231 Å². The van der Waals surface area contributed by atoms with Crippen molar-refractivity contribution in [3.63, 3.8) is 0 Å². The van der Waals surface area contributed by atoms with Gasteiger partial charge in [-0.05, 0) is 36.8 Å². The van der Waals surface area contributed by atoms with Gasteiger partial charge in [-0.25, -0.2) is 13.8 Å². The van der Waals surface area contributed by atoms with E-state index in [-0.39, 0.29) is 5.41 Å². The number of anilines is 3. The van der Waals surface area contributed by atoms with Crippen LogP contribution in [0.4, 0.5) is 25.8 Å². The highest BCUT2D eigenvalue weighted by Gasteiger charge is 2.40. The first-order valence-corrected chi connectivity index (χ1v) is 13.7. The maximum atomic E-state index is 15.7. The first-order chi connectivity index (χ1) is 19.2. The van der Waals surface area contributed by atoms with Gasteiger partial charge in [0.2, 0.25) is 0 Å². The van der Waals surface area contributed by atoms with E-state index < -0.39 is 11.6 Å². The molecule has 2 aromatic carbocycles. The second kappa shape index (κ2) is 8.99. The number of ether oxygens (including phenoxy) is 1. The Hall–Kier alpha value is -4.04. The zero-order valence-corrected chi connectivity index (χ0v) is 23.1. The highest BCUT2D eigenvalue weighted by molar-refractivity contribution is 6.00. The van der Waals surface area contributed by atoms with Crippen molar-refractivity contribution in [3.05, 3.63) is 77.8 Å². The second-order valence-corrected chi connectivity index (χ2v) is 11.5. The fourth-order valence-electron chi connectivity index (χ4n) is 6.35. The average Bonchev–Trinajstić information content (AvgIpc) is 3.44. The molecule has 1 fully saturated rings. The summed E-state index contributed by atoms with van der Waals surface area (Å²) < 4.78 is 37.9. The first-order valence-electron chi connectivity index (χ1n) is 13.7. The molecular weight excluding hydrogens is 508 g/mol. The van der Waals surface area contributed by atoms with Gasteiger partial charge in [-0.1, -0.05) is 19.9 Å². The summed E-state index contributed by atoms with van der Waals surface area (Å²) in [5.74, 6) is -1.26. The molecule has 0 aliphatic carbocycles. The molecule has 0 atom stereocenters. The van der Waals surface area contributed by atoms with Gasteiger partial charge in [0.1, 0.15) is 11.6 Å². The van der Waals surface area contributed by atoms with E-state index in [1.54, 1.807) is 0 Å². The van der Waals surface area contributed by atoms with Crippen molar-refractivity contribution in [2.24, 2.45) is 7.05 Å². The summed E-state index contributed by atoms with van der Waals surface area (Å²) in [5.41, 5.74) is 7.21. The van der Waals surface area contributed by atoms with Crippen LogP contribution in [0.3, 0.4) is 0 Å². The van der Waals surface area contributed by atoms with Crippen molar-refractivity contribution in [2.75, 3.05) is 42.6 Å². The maximum Gasteiger partial charge on any atom is 0.137 e. The molecule has 40 heavy (non-hydrogen) atoms. The normalized spacial score (nSPS) is 16.8. The number of fused-ring (bicyclic) bond motifs is 3. The zero-order chi connectivity index (χ0) is 27.8. The molecule has 0 unspecified atom stereocenters. The summed E-state index contributed by atoms with van der Waals surface area (Å²) in [7, 11) is 2.01. The van der Waals surface area contributed by atoms with E-state index in [2.05, 4.69) is 52.5 Å². The Morgan fingerprint density at radius 3 is 2.60 bits per heavy atom. The molecule has 5 heterocycles. The first kappa shape index (κ1) is 25.0. The van der Waals surface area contributed by atoms with E-state index in [9.17, 15) is 4.39 Å². The van der Waals surface area contributed by atoms with Gasteiger partial charge in [-0.3, -0.25) is 4.98 Å². The smallest absolute Gasteiger partial charge is 0.137 e. The van der Waals surface area contributed by atoms with E-state index in [1.807, 2.05) is 32.4 Å². The minimum absolute atomic E-state index is 0.277. The number of hydrogen-bond acceptors (Lipinski definition) is 5. The number of benzene rings is 2. The van der Waals surface area contributed by atoms with Gasteiger partial charge in [0.05, 0.1) is 58.8 Å². The Bertz CT molecular complexity index is 1810. The number of aryl methyl sites for hydroxylation is 1. The Kier molecular flexibility index (Phi) is 5.61. The Balaban J connectivity index is 1.47. The molecule has 0 saturated carbocycles. The van der Waals surface area contributed by atoms with Gasteiger partial charge in [-0.15, -0.1) is 0 Å². The SMILES string of the molecule is Cc1c(-c2ccc3c(ccn3C)c2)nc2cc(F)cc(F)c2c1N1CC(C)(C)c2ncc(N3CCOCC3)cc21. The average molecular weight is 540 g/mol. The third kappa shape index (κ3) is 3.84. The quantitative estimate of drug-likeness (QED) is 0.257. The largest absolute Gasteiger partial charge is 0.378 e. The summed E-state index contributed by atoms with van der Waals surface area (Å²) in [5, 5.41) is 1.41. The Morgan fingerprint density at radius 1 is 1.00 bits per heavy atom. The summed E-state index contributed by atoms with van der Waals surface area (Å²) in [4.78, 5) is 14.2. The lowest BCUT2D eigenvalue weighted by atomic mass is 9.91. The van der Waals surface area contributed by atoms with Crippen LogP contribution in [0.5, 0.6) is 0 Å². The van der Waals surface area contributed by atoms with Gasteiger partial charge in [0.15, 0.2) is 0 Å². The predicted molar refractivity (Wildman–Crippen MR) is 156 cm³/mol. The molecule has 204 valence electrons. The molecule has 0 spiro atoms. The summed E-state index contributed by atoms with van der Waals surface area (Å²) in [6.45, 7) is 9.84. The number of rotatable bonds is 3. The minimum atomic E-state index is -0.643. The second-order valence-electron chi connectivity index (χ2n) is 11.5. The number of pyridine rings is 2. The van der Waals surface area contributed by atoms with Crippen LogP contribution in [0.2, 0.25) is 0 Å². The van der Waals surface area contributed by atoms with Crippen molar-refractivity contribution in [2.45, 2.75) is 26.2 Å². The molecular formula is C32H31F2N5O. The van der Waals surface area contributed by atoms with Crippen LogP contribution in [-0.2, 0) is 17.2 Å². The highest BCUT2D eigenvalue weighted by Crippen LogP contribution is 2.49.